The number of H-pyrrole nitrogens is 1. The normalized spacial score (nSPS) is 18.9. The van der Waals surface area contributed by atoms with E-state index in [0.717, 1.165) is 32.1 Å². The molecule has 1 fully saturated rings. The number of nitrogens with zero attached hydrogens (tertiary/aromatic N) is 1. The number of nitrogens with two attached hydrogens (primary N) is 1. The zero-order valence-corrected chi connectivity index (χ0v) is 12.0. The number of hydrogen-bond donors (Lipinski definition) is 4. The Hall–Kier alpha value is -1.89. The van der Waals surface area contributed by atoms with Crippen LogP contribution in [0.15, 0.2) is 12.5 Å². The molecule has 0 spiro atoms. The summed E-state index contributed by atoms with van der Waals surface area (Å²) >= 11 is 0. The lowest BCUT2D eigenvalue weighted by Gasteiger charge is -2.33. The highest BCUT2D eigenvalue weighted by Gasteiger charge is 2.31. The first-order valence-corrected chi connectivity index (χ1v) is 7.27. The summed E-state index contributed by atoms with van der Waals surface area (Å²) in [4.78, 5) is 30.0. The molecule has 0 unspecified atom stereocenters. The summed E-state index contributed by atoms with van der Waals surface area (Å²) in [6.07, 6.45) is 8.23. The van der Waals surface area contributed by atoms with E-state index in [1.807, 2.05) is 0 Å². The van der Waals surface area contributed by atoms with Gasteiger partial charge in [-0.1, -0.05) is 19.3 Å². The van der Waals surface area contributed by atoms with E-state index < -0.39 is 17.6 Å². The van der Waals surface area contributed by atoms with Crippen LogP contribution in [0.4, 0.5) is 0 Å². The van der Waals surface area contributed by atoms with Crippen LogP contribution in [0, 0.1) is 0 Å². The zero-order valence-electron chi connectivity index (χ0n) is 12.0. The number of carbonyl (C=O) groups excluding carboxylic acids is 1. The van der Waals surface area contributed by atoms with Crippen molar-refractivity contribution in [2.24, 2.45) is 5.73 Å². The zero-order chi connectivity index (χ0) is 15.3. The predicted octanol–water partition coefficient (Wildman–Crippen LogP) is 0.573. The van der Waals surface area contributed by atoms with Crippen molar-refractivity contribution < 1.29 is 14.7 Å². The molecule has 116 valence electrons. The Morgan fingerprint density at radius 3 is 2.71 bits per heavy atom. The van der Waals surface area contributed by atoms with E-state index in [1.165, 1.54) is 6.33 Å². The highest BCUT2D eigenvalue weighted by atomic mass is 16.4. The molecule has 0 aliphatic heterocycles. The number of aromatic nitrogens is 2. The molecule has 1 aliphatic carbocycles. The average Bonchev–Trinajstić information content (AvgIpc) is 2.91. The van der Waals surface area contributed by atoms with Crippen molar-refractivity contribution in [1.82, 2.24) is 15.3 Å². The Morgan fingerprint density at radius 2 is 2.14 bits per heavy atom. The SMILES string of the molecule is NC1(CC(=O)N[C@H](Cc2cnc[nH]2)C(=O)O)CCCCC1. The van der Waals surface area contributed by atoms with Gasteiger partial charge >= 0.3 is 5.97 Å². The second-order valence-electron chi connectivity index (χ2n) is 5.84. The topological polar surface area (TPSA) is 121 Å². The highest BCUT2D eigenvalue weighted by Crippen LogP contribution is 2.28. The molecule has 1 heterocycles. The van der Waals surface area contributed by atoms with E-state index in [2.05, 4.69) is 15.3 Å². The lowest BCUT2D eigenvalue weighted by molar-refractivity contribution is -0.142. The molecule has 2 rings (SSSR count). The summed E-state index contributed by atoms with van der Waals surface area (Å²) in [5.41, 5.74) is 6.41. The Balaban J connectivity index is 1.90. The van der Waals surface area contributed by atoms with Gasteiger partial charge < -0.3 is 21.1 Å². The third kappa shape index (κ3) is 4.56. The van der Waals surface area contributed by atoms with Crippen LogP contribution in [0.5, 0.6) is 0 Å². The quantitative estimate of drug-likeness (QED) is 0.611. The maximum absolute atomic E-state index is 12.1. The average molecular weight is 294 g/mol. The van der Waals surface area contributed by atoms with Crippen molar-refractivity contribution >= 4 is 11.9 Å². The Morgan fingerprint density at radius 1 is 1.43 bits per heavy atom. The molecule has 7 heteroatoms. The molecule has 1 aromatic rings. The van der Waals surface area contributed by atoms with E-state index >= 15 is 0 Å². The lowest BCUT2D eigenvalue weighted by atomic mass is 9.80. The number of hydrogen-bond acceptors (Lipinski definition) is 4. The van der Waals surface area contributed by atoms with Crippen molar-refractivity contribution in [3.8, 4) is 0 Å². The molecule has 0 saturated heterocycles. The summed E-state index contributed by atoms with van der Waals surface area (Å²) in [7, 11) is 0. The van der Waals surface area contributed by atoms with Crippen molar-refractivity contribution in [2.75, 3.05) is 0 Å². The summed E-state index contributed by atoms with van der Waals surface area (Å²) in [5.74, 6) is -1.36. The van der Waals surface area contributed by atoms with Gasteiger partial charge in [0.15, 0.2) is 0 Å². The molecule has 21 heavy (non-hydrogen) atoms. The number of aromatic amines is 1. The van der Waals surface area contributed by atoms with Gasteiger partial charge in [0.1, 0.15) is 6.04 Å². The van der Waals surface area contributed by atoms with E-state index in [0.29, 0.717) is 5.69 Å². The Bertz CT molecular complexity index is 480. The number of imidazole rings is 1. The van der Waals surface area contributed by atoms with Crippen LogP contribution in [0.1, 0.15) is 44.2 Å². The summed E-state index contributed by atoms with van der Waals surface area (Å²) < 4.78 is 0. The van der Waals surface area contributed by atoms with E-state index in [-0.39, 0.29) is 18.7 Å². The van der Waals surface area contributed by atoms with Gasteiger partial charge in [0.25, 0.3) is 0 Å². The van der Waals surface area contributed by atoms with Crippen LogP contribution >= 0.6 is 0 Å². The van der Waals surface area contributed by atoms with Crippen molar-refractivity contribution in [1.29, 1.82) is 0 Å². The molecular formula is C14H22N4O3. The van der Waals surface area contributed by atoms with Crippen molar-refractivity contribution in [2.45, 2.75) is 56.5 Å². The van der Waals surface area contributed by atoms with E-state index in [9.17, 15) is 14.7 Å². The minimum Gasteiger partial charge on any atom is -0.480 e. The largest absolute Gasteiger partial charge is 0.480 e. The molecule has 1 aliphatic rings. The van der Waals surface area contributed by atoms with E-state index in [4.69, 9.17) is 5.73 Å². The molecule has 1 amide bonds. The number of carboxylic acid groups (broad SMARTS) is 1. The van der Waals surface area contributed by atoms with Gasteiger partial charge in [0.2, 0.25) is 5.91 Å². The first kappa shape index (κ1) is 15.5. The summed E-state index contributed by atoms with van der Waals surface area (Å²) in [6.45, 7) is 0. The summed E-state index contributed by atoms with van der Waals surface area (Å²) in [6, 6.07) is -0.967. The molecular weight excluding hydrogens is 272 g/mol. The highest BCUT2D eigenvalue weighted by molar-refractivity contribution is 5.84. The van der Waals surface area contributed by atoms with Gasteiger partial charge in [-0.25, -0.2) is 9.78 Å². The first-order chi connectivity index (χ1) is 9.98. The van der Waals surface area contributed by atoms with Gasteiger partial charge in [0.05, 0.1) is 6.33 Å². The predicted molar refractivity (Wildman–Crippen MR) is 76.5 cm³/mol. The fourth-order valence-electron chi connectivity index (χ4n) is 2.81. The fraction of sp³-hybridized carbons (Fsp3) is 0.643. The molecule has 0 radical (unpaired) electrons. The number of amides is 1. The number of rotatable bonds is 6. The first-order valence-electron chi connectivity index (χ1n) is 7.27. The smallest absolute Gasteiger partial charge is 0.326 e. The Labute approximate surface area is 123 Å². The number of carboxylic acids is 1. The molecule has 5 N–H and O–H groups in total. The van der Waals surface area contributed by atoms with Gasteiger partial charge in [-0.3, -0.25) is 4.79 Å². The molecule has 1 atom stereocenters. The molecule has 1 saturated carbocycles. The minimum atomic E-state index is -1.06. The van der Waals surface area contributed by atoms with Gasteiger partial charge in [0, 0.05) is 30.3 Å². The molecule has 0 bridgehead atoms. The van der Waals surface area contributed by atoms with Crippen LogP contribution < -0.4 is 11.1 Å². The minimum absolute atomic E-state index is 0.179. The second kappa shape index (κ2) is 6.71. The van der Waals surface area contributed by atoms with Crippen LogP contribution in [0.2, 0.25) is 0 Å². The van der Waals surface area contributed by atoms with Crippen LogP contribution in [-0.4, -0.2) is 38.5 Å². The number of carbonyl (C=O) groups is 2. The number of aliphatic carboxylic acids is 1. The maximum Gasteiger partial charge on any atom is 0.326 e. The second-order valence-corrected chi connectivity index (χ2v) is 5.84. The van der Waals surface area contributed by atoms with Crippen LogP contribution in [-0.2, 0) is 16.0 Å². The Kier molecular flexibility index (Phi) is 4.95. The molecule has 7 nitrogen and oxygen atoms in total. The fourth-order valence-corrected chi connectivity index (χ4v) is 2.81. The number of nitrogens with one attached hydrogen (secondary N) is 2. The van der Waals surface area contributed by atoms with Crippen molar-refractivity contribution in [3.63, 3.8) is 0 Å². The third-order valence-electron chi connectivity index (χ3n) is 3.97. The van der Waals surface area contributed by atoms with Gasteiger partial charge in [-0.2, -0.15) is 0 Å². The van der Waals surface area contributed by atoms with E-state index in [1.54, 1.807) is 6.20 Å². The van der Waals surface area contributed by atoms with Crippen LogP contribution in [0.3, 0.4) is 0 Å². The van der Waals surface area contributed by atoms with Gasteiger partial charge in [-0.05, 0) is 12.8 Å². The standard InChI is InChI=1S/C14H22N4O3/c15-14(4-2-1-3-5-14)7-12(19)18-11(13(20)21)6-10-8-16-9-17-10/h8-9,11H,1-7,15H2,(H,16,17)(H,18,19)(H,20,21)/t11-/m1/s1. The molecule has 1 aromatic heterocycles. The van der Waals surface area contributed by atoms with Crippen molar-refractivity contribution in [3.05, 3.63) is 18.2 Å². The third-order valence-corrected chi connectivity index (χ3v) is 3.97. The van der Waals surface area contributed by atoms with Gasteiger partial charge in [-0.15, -0.1) is 0 Å². The maximum atomic E-state index is 12.1. The lowest BCUT2D eigenvalue weighted by Crippen LogP contribution is -2.49. The monoisotopic (exact) mass is 294 g/mol. The van der Waals surface area contributed by atoms with Crippen LogP contribution in [0.25, 0.3) is 0 Å². The molecule has 0 aromatic carbocycles. The summed E-state index contributed by atoms with van der Waals surface area (Å²) in [5, 5.41) is 11.8.